The topological polar surface area (TPSA) is 61.3 Å². The molecule has 0 saturated heterocycles. The molecule has 0 aliphatic heterocycles. The number of ether oxygens (including phenoxy) is 1. The van der Waals surface area contributed by atoms with Crippen LogP contribution in [0.2, 0.25) is 0 Å². The van der Waals surface area contributed by atoms with E-state index < -0.39 is 0 Å². The van der Waals surface area contributed by atoms with Gasteiger partial charge in [-0.15, -0.1) is 0 Å². The zero-order valence-corrected chi connectivity index (χ0v) is 9.09. The molecule has 2 aromatic rings. The van der Waals surface area contributed by atoms with Gasteiger partial charge in [-0.3, -0.25) is 0 Å². The highest BCUT2D eigenvalue weighted by Gasteiger charge is 2.02. The predicted molar refractivity (Wildman–Crippen MR) is 59.9 cm³/mol. The maximum Gasteiger partial charge on any atom is 0.174 e. The van der Waals surface area contributed by atoms with Gasteiger partial charge in [0, 0.05) is 12.1 Å². The summed E-state index contributed by atoms with van der Waals surface area (Å²) in [5, 5.41) is 3.61. The lowest BCUT2D eigenvalue weighted by Crippen LogP contribution is -2.05. The fourth-order valence-corrected chi connectivity index (χ4v) is 1.36. The Balaban J connectivity index is 2.01. The summed E-state index contributed by atoms with van der Waals surface area (Å²) in [5.74, 6) is 1.48. The third kappa shape index (κ3) is 2.61. The van der Waals surface area contributed by atoms with Gasteiger partial charge in [0.1, 0.15) is 12.4 Å². The first-order chi connectivity index (χ1) is 7.75. The van der Waals surface area contributed by atoms with Crippen LogP contribution in [0.4, 0.5) is 0 Å². The van der Waals surface area contributed by atoms with E-state index in [0.717, 1.165) is 11.3 Å². The standard InChI is InChI=1S/C12H14N2O2/c1-9(13)10-3-2-4-11(7-10)15-8-12-5-6-14-16-12/h2-7,9H,8,13H2,1H3/t9-/m1/s1. The van der Waals surface area contributed by atoms with Gasteiger partial charge in [0.15, 0.2) is 5.76 Å². The van der Waals surface area contributed by atoms with E-state index in [0.29, 0.717) is 12.4 Å². The minimum atomic E-state index is 0.00818. The van der Waals surface area contributed by atoms with Crippen molar-refractivity contribution in [1.29, 1.82) is 0 Å². The highest BCUT2D eigenvalue weighted by molar-refractivity contribution is 5.30. The van der Waals surface area contributed by atoms with Gasteiger partial charge in [0.2, 0.25) is 0 Å². The third-order valence-electron chi connectivity index (χ3n) is 2.26. The maximum atomic E-state index is 5.79. The van der Waals surface area contributed by atoms with Gasteiger partial charge in [-0.25, -0.2) is 0 Å². The van der Waals surface area contributed by atoms with Crippen molar-refractivity contribution in [2.45, 2.75) is 19.6 Å². The first-order valence-electron chi connectivity index (χ1n) is 5.13. The molecule has 0 unspecified atom stereocenters. The molecule has 4 heteroatoms. The molecule has 1 aromatic carbocycles. The van der Waals surface area contributed by atoms with Crippen LogP contribution in [0.25, 0.3) is 0 Å². The molecule has 16 heavy (non-hydrogen) atoms. The van der Waals surface area contributed by atoms with E-state index in [2.05, 4.69) is 5.16 Å². The molecule has 0 fully saturated rings. The molecule has 2 rings (SSSR count). The Morgan fingerprint density at radius 3 is 3.00 bits per heavy atom. The summed E-state index contributed by atoms with van der Waals surface area (Å²) in [6.07, 6.45) is 1.59. The number of rotatable bonds is 4. The van der Waals surface area contributed by atoms with Crippen molar-refractivity contribution in [3.63, 3.8) is 0 Å². The normalized spacial score (nSPS) is 12.4. The lowest BCUT2D eigenvalue weighted by Gasteiger charge is -2.08. The molecule has 2 N–H and O–H groups in total. The van der Waals surface area contributed by atoms with Gasteiger partial charge in [-0.1, -0.05) is 17.3 Å². The van der Waals surface area contributed by atoms with Gasteiger partial charge >= 0.3 is 0 Å². The maximum absolute atomic E-state index is 5.79. The molecular weight excluding hydrogens is 204 g/mol. The Labute approximate surface area is 94.0 Å². The first-order valence-corrected chi connectivity index (χ1v) is 5.13. The number of hydrogen-bond acceptors (Lipinski definition) is 4. The average molecular weight is 218 g/mol. The Morgan fingerprint density at radius 1 is 1.44 bits per heavy atom. The van der Waals surface area contributed by atoms with E-state index in [9.17, 15) is 0 Å². The minimum Gasteiger partial charge on any atom is -0.486 e. The van der Waals surface area contributed by atoms with Crippen molar-refractivity contribution in [2.24, 2.45) is 5.73 Å². The molecule has 0 aliphatic rings. The van der Waals surface area contributed by atoms with Gasteiger partial charge in [0.05, 0.1) is 6.20 Å². The lowest BCUT2D eigenvalue weighted by atomic mass is 10.1. The second kappa shape index (κ2) is 4.81. The van der Waals surface area contributed by atoms with E-state index in [1.165, 1.54) is 0 Å². The first kappa shape index (κ1) is 10.7. The van der Waals surface area contributed by atoms with Crippen molar-refractivity contribution in [2.75, 3.05) is 0 Å². The highest BCUT2D eigenvalue weighted by Crippen LogP contribution is 2.18. The fourth-order valence-electron chi connectivity index (χ4n) is 1.36. The summed E-state index contributed by atoms with van der Waals surface area (Å²) in [6, 6.07) is 9.51. The van der Waals surface area contributed by atoms with E-state index in [4.69, 9.17) is 15.0 Å². The summed E-state index contributed by atoms with van der Waals surface area (Å²) in [6.45, 7) is 2.32. The van der Waals surface area contributed by atoms with E-state index in [1.54, 1.807) is 12.3 Å². The smallest absolute Gasteiger partial charge is 0.174 e. The number of aromatic nitrogens is 1. The average Bonchev–Trinajstić information content (AvgIpc) is 2.79. The predicted octanol–water partition coefficient (Wildman–Crippen LogP) is 2.27. The molecule has 0 amide bonds. The van der Waals surface area contributed by atoms with Crippen molar-refractivity contribution < 1.29 is 9.26 Å². The van der Waals surface area contributed by atoms with Crippen molar-refractivity contribution in [3.8, 4) is 5.75 Å². The van der Waals surface area contributed by atoms with Gasteiger partial charge in [-0.05, 0) is 24.6 Å². The second-order valence-corrected chi connectivity index (χ2v) is 3.63. The van der Waals surface area contributed by atoms with Crippen molar-refractivity contribution >= 4 is 0 Å². The van der Waals surface area contributed by atoms with Crippen LogP contribution in [0.3, 0.4) is 0 Å². The quantitative estimate of drug-likeness (QED) is 0.855. The molecule has 0 bridgehead atoms. The molecule has 1 heterocycles. The molecule has 0 aliphatic carbocycles. The Bertz CT molecular complexity index is 438. The number of nitrogens with zero attached hydrogens (tertiary/aromatic N) is 1. The van der Waals surface area contributed by atoms with Gasteiger partial charge in [-0.2, -0.15) is 0 Å². The number of hydrogen-bond donors (Lipinski definition) is 1. The van der Waals surface area contributed by atoms with E-state index in [1.807, 2.05) is 31.2 Å². The van der Waals surface area contributed by atoms with Crippen LogP contribution in [-0.2, 0) is 6.61 Å². The molecule has 0 saturated carbocycles. The largest absolute Gasteiger partial charge is 0.486 e. The zero-order valence-electron chi connectivity index (χ0n) is 9.09. The molecule has 1 aromatic heterocycles. The summed E-state index contributed by atoms with van der Waals surface area (Å²) in [7, 11) is 0. The van der Waals surface area contributed by atoms with Crippen LogP contribution in [0.1, 0.15) is 24.3 Å². The zero-order chi connectivity index (χ0) is 11.4. The summed E-state index contributed by atoms with van der Waals surface area (Å²) < 4.78 is 10.5. The van der Waals surface area contributed by atoms with Crippen LogP contribution in [0, 0.1) is 0 Å². The monoisotopic (exact) mass is 218 g/mol. The molecule has 1 atom stereocenters. The molecular formula is C12H14N2O2. The minimum absolute atomic E-state index is 0.00818. The van der Waals surface area contributed by atoms with E-state index >= 15 is 0 Å². The second-order valence-electron chi connectivity index (χ2n) is 3.63. The van der Waals surface area contributed by atoms with Crippen molar-refractivity contribution in [3.05, 3.63) is 47.9 Å². The molecule has 0 radical (unpaired) electrons. The van der Waals surface area contributed by atoms with Gasteiger partial charge in [0.25, 0.3) is 0 Å². The lowest BCUT2D eigenvalue weighted by molar-refractivity contribution is 0.249. The highest BCUT2D eigenvalue weighted by atomic mass is 16.5. The summed E-state index contributed by atoms with van der Waals surface area (Å²) in [5.41, 5.74) is 6.84. The Morgan fingerprint density at radius 2 is 2.31 bits per heavy atom. The number of benzene rings is 1. The Hall–Kier alpha value is -1.81. The SMILES string of the molecule is C[C@@H](N)c1cccc(OCc2ccno2)c1. The van der Waals surface area contributed by atoms with Crippen LogP contribution in [-0.4, -0.2) is 5.16 Å². The molecule has 4 nitrogen and oxygen atoms in total. The molecule has 0 spiro atoms. The van der Waals surface area contributed by atoms with E-state index in [-0.39, 0.29) is 6.04 Å². The fraction of sp³-hybridized carbons (Fsp3) is 0.250. The van der Waals surface area contributed by atoms with Crippen LogP contribution in [0.5, 0.6) is 5.75 Å². The van der Waals surface area contributed by atoms with Gasteiger partial charge < -0.3 is 15.0 Å². The van der Waals surface area contributed by atoms with Crippen molar-refractivity contribution in [1.82, 2.24) is 5.16 Å². The van der Waals surface area contributed by atoms with Crippen LogP contribution < -0.4 is 10.5 Å². The summed E-state index contributed by atoms with van der Waals surface area (Å²) in [4.78, 5) is 0. The van der Waals surface area contributed by atoms with Crippen LogP contribution >= 0.6 is 0 Å². The molecule has 84 valence electrons. The Kier molecular flexibility index (Phi) is 3.22. The number of nitrogens with two attached hydrogens (primary N) is 1. The summed E-state index contributed by atoms with van der Waals surface area (Å²) >= 11 is 0. The third-order valence-corrected chi connectivity index (χ3v) is 2.26. The van der Waals surface area contributed by atoms with Crippen LogP contribution in [0.15, 0.2) is 41.1 Å².